The van der Waals surface area contributed by atoms with Crippen molar-refractivity contribution in [3.8, 4) is 0 Å². The Morgan fingerprint density at radius 1 is 1.14 bits per heavy atom. The molecule has 0 fully saturated rings. The Hall–Kier alpha value is -4.02. The second kappa shape index (κ2) is 10.5. The number of hydrogen-bond donors (Lipinski definition) is 3. The maximum Gasteiger partial charge on any atom is 0.493 e. The molecule has 184 valence electrons. The molecule has 3 aromatic rings. The molecular formula is C24H25F3N6O2. The number of anilines is 2. The van der Waals surface area contributed by atoms with E-state index in [2.05, 4.69) is 38.2 Å². The third-order valence-electron chi connectivity index (χ3n) is 5.57. The Morgan fingerprint density at radius 3 is 2.69 bits per heavy atom. The van der Waals surface area contributed by atoms with Gasteiger partial charge in [0.2, 0.25) is 5.96 Å². The number of aromatic nitrogens is 1. The van der Waals surface area contributed by atoms with E-state index in [9.17, 15) is 18.0 Å². The molecule has 1 aromatic heterocycles. The number of benzene rings is 2. The van der Waals surface area contributed by atoms with Crippen molar-refractivity contribution in [1.29, 1.82) is 0 Å². The van der Waals surface area contributed by atoms with E-state index < -0.39 is 18.1 Å². The number of guanidine groups is 1. The van der Waals surface area contributed by atoms with Crippen molar-refractivity contribution in [3.63, 3.8) is 0 Å². The molecule has 0 saturated heterocycles. The lowest BCUT2D eigenvalue weighted by molar-refractivity contribution is -0.203. The zero-order valence-electron chi connectivity index (χ0n) is 18.8. The van der Waals surface area contributed by atoms with Gasteiger partial charge in [0, 0.05) is 36.8 Å². The minimum Gasteiger partial charge on any atom is -0.383 e. The summed E-state index contributed by atoms with van der Waals surface area (Å²) in [5, 5.41) is 4.23. The van der Waals surface area contributed by atoms with Crippen molar-refractivity contribution in [2.24, 2.45) is 10.7 Å². The summed E-state index contributed by atoms with van der Waals surface area (Å²) < 4.78 is 36.5. The van der Waals surface area contributed by atoms with Crippen LogP contribution in [0.1, 0.15) is 17.5 Å². The molecule has 11 heteroatoms. The highest BCUT2D eigenvalue weighted by Gasteiger charge is 2.41. The zero-order valence-corrected chi connectivity index (χ0v) is 18.8. The van der Waals surface area contributed by atoms with Crippen molar-refractivity contribution in [3.05, 3.63) is 65.7 Å². The van der Waals surface area contributed by atoms with Crippen molar-refractivity contribution in [1.82, 2.24) is 10.5 Å². The van der Waals surface area contributed by atoms with Crippen molar-refractivity contribution in [2.45, 2.75) is 25.6 Å². The minimum atomic E-state index is -5.12. The second-order valence-corrected chi connectivity index (χ2v) is 8.02. The molecule has 0 bridgehead atoms. The monoisotopic (exact) mass is 486 g/mol. The molecule has 0 radical (unpaired) electrons. The van der Waals surface area contributed by atoms with E-state index in [1.807, 2.05) is 36.4 Å². The fourth-order valence-corrected chi connectivity index (χ4v) is 3.92. The van der Waals surface area contributed by atoms with E-state index in [1.54, 1.807) is 5.48 Å². The van der Waals surface area contributed by atoms with E-state index in [0.29, 0.717) is 6.54 Å². The van der Waals surface area contributed by atoms with E-state index in [0.717, 1.165) is 48.3 Å². The van der Waals surface area contributed by atoms with Gasteiger partial charge < -0.3 is 20.8 Å². The summed E-state index contributed by atoms with van der Waals surface area (Å²) in [6.45, 7) is 2.12. The molecule has 4 rings (SSSR count). The highest BCUT2D eigenvalue weighted by Crippen LogP contribution is 2.29. The summed E-state index contributed by atoms with van der Waals surface area (Å²) >= 11 is 0. The molecule has 2 aromatic carbocycles. The molecule has 35 heavy (non-hydrogen) atoms. The highest BCUT2D eigenvalue weighted by molar-refractivity contribution is 5.93. The maximum atomic E-state index is 12.2. The largest absolute Gasteiger partial charge is 0.493 e. The molecule has 0 amide bonds. The summed E-state index contributed by atoms with van der Waals surface area (Å²) in [6.07, 6.45) is -3.07. The molecule has 1 aliphatic heterocycles. The predicted molar refractivity (Wildman–Crippen MR) is 128 cm³/mol. The van der Waals surface area contributed by atoms with Crippen LogP contribution in [-0.2, 0) is 22.6 Å². The topological polar surface area (TPSA) is 105 Å². The number of carbonyl (C=O) groups excluding carboxylic acids is 1. The van der Waals surface area contributed by atoms with Crippen molar-refractivity contribution < 1.29 is 22.8 Å². The number of nitrogens with two attached hydrogens (primary N) is 1. The van der Waals surface area contributed by atoms with Gasteiger partial charge in [0.25, 0.3) is 0 Å². The zero-order chi connectivity index (χ0) is 24.8. The van der Waals surface area contributed by atoms with Gasteiger partial charge in [-0.05, 0) is 30.0 Å². The van der Waals surface area contributed by atoms with Gasteiger partial charge in [-0.3, -0.25) is 0 Å². The summed E-state index contributed by atoms with van der Waals surface area (Å²) in [6, 6.07) is 18.2. The number of pyridine rings is 1. The van der Waals surface area contributed by atoms with Gasteiger partial charge in [-0.2, -0.15) is 18.7 Å². The Bertz CT molecular complexity index is 1230. The van der Waals surface area contributed by atoms with Crippen LogP contribution in [0.15, 0.2) is 59.6 Å². The summed E-state index contributed by atoms with van der Waals surface area (Å²) in [7, 11) is 0. The van der Waals surface area contributed by atoms with Crippen LogP contribution in [0.25, 0.3) is 10.9 Å². The fraction of sp³-hybridized carbons (Fsp3) is 0.292. The molecule has 4 N–H and O–H groups in total. The van der Waals surface area contributed by atoms with Gasteiger partial charge in [-0.25, -0.2) is 14.8 Å². The molecule has 8 nitrogen and oxygen atoms in total. The van der Waals surface area contributed by atoms with Crippen LogP contribution in [0, 0.1) is 0 Å². The van der Waals surface area contributed by atoms with Crippen molar-refractivity contribution in [2.75, 3.05) is 29.9 Å². The standard InChI is InChI=1S/C24H25F3N6O2/c25-24(26,27)22(34)35-32-23(28)30-12-11-29-20-14-21(31-19-10-4-3-9-18(19)20)33-13-5-8-16-6-1-2-7-17(16)15-33/h1-4,6-7,9-10,14H,5,8,11-13,15H2,(H,29,31)(H3,28,30,32). The quantitative estimate of drug-likeness (QED) is 0.219. The fourth-order valence-electron chi connectivity index (χ4n) is 3.92. The number of nitrogens with one attached hydrogen (secondary N) is 2. The average molecular weight is 486 g/mol. The molecule has 0 unspecified atom stereocenters. The number of carbonyl (C=O) groups is 1. The Morgan fingerprint density at radius 2 is 1.89 bits per heavy atom. The molecule has 0 aliphatic carbocycles. The van der Waals surface area contributed by atoms with Crippen LogP contribution in [0.5, 0.6) is 0 Å². The number of alkyl halides is 3. The lowest BCUT2D eigenvalue weighted by Crippen LogP contribution is -2.38. The maximum absolute atomic E-state index is 12.2. The van der Waals surface area contributed by atoms with Gasteiger partial charge >= 0.3 is 12.1 Å². The normalized spacial score (nSPS) is 14.3. The van der Waals surface area contributed by atoms with Crippen LogP contribution in [-0.4, -0.2) is 42.7 Å². The smallest absolute Gasteiger partial charge is 0.383 e. The molecular weight excluding hydrogens is 461 g/mol. The molecule has 0 atom stereocenters. The number of fused-ring (bicyclic) bond motifs is 2. The summed E-state index contributed by atoms with van der Waals surface area (Å²) in [4.78, 5) is 25.6. The van der Waals surface area contributed by atoms with E-state index in [4.69, 9.17) is 10.7 Å². The lowest BCUT2D eigenvalue weighted by atomic mass is 10.0. The lowest BCUT2D eigenvalue weighted by Gasteiger charge is -2.23. The number of nitrogens with zero attached hydrogens (tertiary/aromatic N) is 3. The number of para-hydroxylation sites is 1. The van der Waals surface area contributed by atoms with Gasteiger partial charge in [-0.1, -0.05) is 42.5 Å². The van der Waals surface area contributed by atoms with Gasteiger partial charge in [0.1, 0.15) is 5.82 Å². The number of rotatable bonds is 5. The average Bonchev–Trinajstić information content (AvgIpc) is 3.07. The minimum absolute atomic E-state index is 0.130. The predicted octanol–water partition coefficient (Wildman–Crippen LogP) is 3.52. The second-order valence-electron chi connectivity index (χ2n) is 8.02. The number of hydrogen-bond acceptors (Lipinski definition) is 6. The number of hydroxylamine groups is 1. The number of aliphatic imine (C=N–C) groups is 1. The van der Waals surface area contributed by atoms with Gasteiger partial charge in [0.15, 0.2) is 0 Å². The molecule has 0 saturated carbocycles. The highest BCUT2D eigenvalue weighted by atomic mass is 19.4. The van der Waals surface area contributed by atoms with E-state index in [1.165, 1.54) is 11.1 Å². The Labute approximate surface area is 199 Å². The Kier molecular flexibility index (Phi) is 7.23. The molecule has 2 heterocycles. The van der Waals surface area contributed by atoms with E-state index in [-0.39, 0.29) is 6.54 Å². The SMILES string of the molecule is NC(=NCCNc1cc(N2CCCc3ccccc3C2)nc2ccccc12)NOC(=O)C(F)(F)F. The first-order valence-electron chi connectivity index (χ1n) is 11.1. The third-order valence-corrected chi connectivity index (χ3v) is 5.57. The molecule has 0 spiro atoms. The first-order valence-corrected chi connectivity index (χ1v) is 11.1. The van der Waals surface area contributed by atoms with Crippen molar-refractivity contribution >= 4 is 34.3 Å². The third kappa shape index (κ3) is 6.11. The summed E-state index contributed by atoms with van der Waals surface area (Å²) in [5.41, 5.74) is 11.5. The van der Waals surface area contributed by atoms with Crippen LogP contribution in [0.4, 0.5) is 24.7 Å². The van der Waals surface area contributed by atoms with Crippen LogP contribution in [0.3, 0.4) is 0 Å². The van der Waals surface area contributed by atoms with Crippen LogP contribution in [0.2, 0.25) is 0 Å². The summed E-state index contributed by atoms with van der Waals surface area (Å²) in [5.74, 6) is -1.99. The first kappa shape index (κ1) is 24.1. The first-order chi connectivity index (χ1) is 16.8. The van der Waals surface area contributed by atoms with E-state index >= 15 is 0 Å². The van der Waals surface area contributed by atoms with Gasteiger partial charge in [0.05, 0.1) is 12.1 Å². The van der Waals surface area contributed by atoms with Crippen LogP contribution >= 0.6 is 0 Å². The number of aryl methyl sites for hydroxylation is 1. The number of halogens is 3. The van der Waals surface area contributed by atoms with Gasteiger partial charge in [-0.15, -0.1) is 0 Å². The van der Waals surface area contributed by atoms with Crippen LogP contribution < -0.4 is 21.4 Å². The Balaban J connectivity index is 1.45. The molecule has 1 aliphatic rings.